The zero-order valence-corrected chi connectivity index (χ0v) is 14.0. The maximum atomic E-state index is 12.1. The summed E-state index contributed by atoms with van der Waals surface area (Å²) in [5.41, 5.74) is 1.84. The SMILES string of the molecule is CN(C)CCNC(=O)c1ccc(C(=O)NCc2ccccn2)cc1. The molecular weight excluding hydrogens is 304 g/mol. The Morgan fingerprint density at radius 2 is 1.58 bits per heavy atom. The van der Waals surface area contributed by atoms with Crippen molar-refractivity contribution in [1.82, 2.24) is 20.5 Å². The van der Waals surface area contributed by atoms with E-state index < -0.39 is 0 Å². The number of pyridine rings is 1. The van der Waals surface area contributed by atoms with Gasteiger partial charge in [-0.05, 0) is 50.5 Å². The fourth-order valence-corrected chi connectivity index (χ4v) is 2.04. The van der Waals surface area contributed by atoms with Crippen LogP contribution in [0.2, 0.25) is 0 Å². The van der Waals surface area contributed by atoms with Crippen LogP contribution in [0.5, 0.6) is 0 Å². The first-order chi connectivity index (χ1) is 11.6. The third kappa shape index (κ3) is 5.48. The summed E-state index contributed by atoms with van der Waals surface area (Å²) in [5, 5.41) is 5.64. The van der Waals surface area contributed by atoms with Crippen LogP contribution < -0.4 is 10.6 Å². The van der Waals surface area contributed by atoms with Gasteiger partial charge in [-0.2, -0.15) is 0 Å². The van der Waals surface area contributed by atoms with E-state index >= 15 is 0 Å². The highest BCUT2D eigenvalue weighted by Crippen LogP contribution is 2.05. The van der Waals surface area contributed by atoms with Crippen molar-refractivity contribution in [3.05, 3.63) is 65.5 Å². The van der Waals surface area contributed by atoms with Gasteiger partial charge in [-0.25, -0.2) is 0 Å². The van der Waals surface area contributed by atoms with E-state index in [9.17, 15) is 9.59 Å². The molecule has 126 valence electrons. The molecule has 2 N–H and O–H groups in total. The molecule has 6 heteroatoms. The Hall–Kier alpha value is -2.73. The molecule has 1 aromatic carbocycles. The maximum absolute atomic E-state index is 12.1. The summed E-state index contributed by atoms with van der Waals surface area (Å²) in [7, 11) is 3.90. The molecule has 0 aliphatic carbocycles. The van der Waals surface area contributed by atoms with Crippen LogP contribution >= 0.6 is 0 Å². The van der Waals surface area contributed by atoms with E-state index in [2.05, 4.69) is 15.6 Å². The van der Waals surface area contributed by atoms with Crippen LogP contribution in [0.15, 0.2) is 48.7 Å². The molecule has 0 unspecified atom stereocenters. The van der Waals surface area contributed by atoms with Gasteiger partial charge in [-0.3, -0.25) is 14.6 Å². The van der Waals surface area contributed by atoms with Gasteiger partial charge in [0.05, 0.1) is 12.2 Å². The minimum atomic E-state index is -0.194. The number of rotatable bonds is 7. The summed E-state index contributed by atoms with van der Waals surface area (Å²) in [5.74, 6) is -0.336. The predicted molar refractivity (Wildman–Crippen MR) is 92.7 cm³/mol. The largest absolute Gasteiger partial charge is 0.351 e. The highest BCUT2D eigenvalue weighted by molar-refractivity contribution is 5.97. The summed E-state index contributed by atoms with van der Waals surface area (Å²) in [6, 6.07) is 12.2. The lowest BCUT2D eigenvalue weighted by atomic mass is 10.1. The second-order valence-corrected chi connectivity index (χ2v) is 5.64. The van der Waals surface area contributed by atoms with E-state index in [1.54, 1.807) is 30.5 Å². The lowest BCUT2D eigenvalue weighted by molar-refractivity contribution is 0.0939. The third-order valence-corrected chi connectivity index (χ3v) is 3.41. The van der Waals surface area contributed by atoms with Crippen molar-refractivity contribution in [2.24, 2.45) is 0 Å². The molecule has 1 heterocycles. The lowest BCUT2D eigenvalue weighted by Gasteiger charge is -2.10. The second kappa shape index (κ2) is 8.79. The molecule has 6 nitrogen and oxygen atoms in total. The molecule has 0 atom stereocenters. The molecular formula is C18H22N4O2. The molecule has 0 fully saturated rings. The molecule has 24 heavy (non-hydrogen) atoms. The van der Waals surface area contributed by atoms with Crippen LogP contribution in [-0.4, -0.2) is 48.9 Å². The van der Waals surface area contributed by atoms with Crippen molar-refractivity contribution >= 4 is 11.8 Å². The zero-order chi connectivity index (χ0) is 17.4. The van der Waals surface area contributed by atoms with Crippen LogP contribution in [0.4, 0.5) is 0 Å². The van der Waals surface area contributed by atoms with E-state index in [1.807, 2.05) is 37.2 Å². The van der Waals surface area contributed by atoms with Crippen LogP contribution in [0.1, 0.15) is 26.4 Å². The van der Waals surface area contributed by atoms with E-state index in [-0.39, 0.29) is 11.8 Å². The quantitative estimate of drug-likeness (QED) is 0.804. The standard InChI is InChI=1S/C18H22N4O2/c1-22(2)12-11-20-17(23)14-6-8-15(9-7-14)18(24)21-13-16-5-3-4-10-19-16/h3-10H,11-13H2,1-2H3,(H,20,23)(H,21,24). The van der Waals surface area contributed by atoms with Gasteiger partial charge in [0, 0.05) is 30.4 Å². The normalized spacial score (nSPS) is 10.5. The van der Waals surface area contributed by atoms with E-state index in [0.29, 0.717) is 24.2 Å². The molecule has 0 bridgehead atoms. The number of carbonyl (C=O) groups is 2. The Labute approximate surface area is 141 Å². The van der Waals surface area contributed by atoms with Gasteiger partial charge < -0.3 is 15.5 Å². The van der Waals surface area contributed by atoms with Gasteiger partial charge in [-0.15, -0.1) is 0 Å². The highest BCUT2D eigenvalue weighted by atomic mass is 16.2. The minimum absolute atomic E-state index is 0.141. The van der Waals surface area contributed by atoms with Crippen molar-refractivity contribution in [2.45, 2.75) is 6.54 Å². The molecule has 2 rings (SSSR count). The van der Waals surface area contributed by atoms with Gasteiger partial charge in [0.25, 0.3) is 11.8 Å². The Kier molecular flexibility index (Phi) is 6.45. The summed E-state index contributed by atoms with van der Waals surface area (Å²) < 4.78 is 0. The number of hydrogen-bond acceptors (Lipinski definition) is 4. The van der Waals surface area contributed by atoms with Gasteiger partial charge in [-0.1, -0.05) is 6.07 Å². The Bertz CT molecular complexity index is 669. The molecule has 1 aromatic heterocycles. The molecule has 0 aliphatic rings. The minimum Gasteiger partial charge on any atom is -0.351 e. The number of carbonyl (C=O) groups excluding carboxylic acids is 2. The number of hydrogen-bond donors (Lipinski definition) is 2. The fourth-order valence-electron chi connectivity index (χ4n) is 2.04. The van der Waals surface area contributed by atoms with Crippen LogP contribution in [0.3, 0.4) is 0 Å². The van der Waals surface area contributed by atoms with E-state index in [1.165, 1.54) is 0 Å². The Morgan fingerprint density at radius 1 is 0.958 bits per heavy atom. The summed E-state index contributed by atoms with van der Waals surface area (Å²) in [4.78, 5) is 30.2. The van der Waals surface area contributed by atoms with Gasteiger partial charge in [0.1, 0.15) is 0 Å². The first-order valence-electron chi connectivity index (χ1n) is 7.77. The fraction of sp³-hybridized carbons (Fsp3) is 0.278. The van der Waals surface area contributed by atoms with Gasteiger partial charge >= 0.3 is 0 Å². The monoisotopic (exact) mass is 326 g/mol. The first-order valence-corrected chi connectivity index (χ1v) is 7.77. The second-order valence-electron chi connectivity index (χ2n) is 5.64. The Morgan fingerprint density at radius 3 is 2.12 bits per heavy atom. The average molecular weight is 326 g/mol. The molecule has 2 amide bonds. The highest BCUT2D eigenvalue weighted by Gasteiger charge is 2.09. The molecule has 0 radical (unpaired) electrons. The average Bonchev–Trinajstić information content (AvgIpc) is 2.60. The van der Waals surface area contributed by atoms with Crippen molar-refractivity contribution in [2.75, 3.05) is 27.2 Å². The van der Waals surface area contributed by atoms with Crippen molar-refractivity contribution in [1.29, 1.82) is 0 Å². The van der Waals surface area contributed by atoms with E-state index in [4.69, 9.17) is 0 Å². The summed E-state index contributed by atoms with van der Waals surface area (Å²) in [6.07, 6.45) is 1.69. The predicted octanol–water partition coefficient (Wildman–Crippen LogP) is 1.30. The number of amides is 2. The van der Waals surface area contributed by atoms with Gasteiger partial charge in [0.15, 0.2) is 0 Å². The summed E-state index contributed by atoms with van der Waals surface area (Å²) >= 11 is 0. The zero-order valence-electron chi connectivity index (χ0n) is 14.0. The van der Waals surface area contributed by atoms with Crippen molar-refractivity contribution < 1.29 is 9.59 Å². The third-order valence-electron chi connectivity index (χ3n) is 3.41. The van der Waals surface area contributed by atoms with Crippen molar-refractivity contribution in [3.63, 3.8) is 0 Å². The number of aromatic nitrogens is 1. The number of nitrogens with zero attached hydrogens (tertiary/aromatic N) is 2. The number of likely N-dealkylation sites (N-methyl/N-ethyl adjacent to an activating group) is 1. The molecule has 2 aromatic rings. The molecule has 0 aliphatic heterocycles. The van der Waals surface area contributed by atoms with E-state index in [0.717, 1.165) is 12.2 Å². The first kappa shape index (κ1) is 17.6. The topological polar surface area (TPSA) is 74.3 Å². The number of benzene rings is 1. The van der Waals surface area contributed by atoms with Crippen LogP contribution in [-0.2, 0) is 6.54 Å². The summed E-state index contributed by atoms with van der Waals surface area (Å²) in [6.45, 7) is 1.73. The molecule has 0 spiro atoms. The molecule has 0 saturated heterocycles. The maximum Gasteiger partial charge on any atom is 0.251 e. The van der Waals surface area contributed by atoms with Crippen LogP contribution in [0.25, 0.3) is 0 Å². The lowest BCUT2D eigenvalue weighted by Crippen LogP contribution is -2.31. The van der Waals surface area contributed by atoms with Gasteiger partial charge in [0.2, 0.25) is 0 Å². The van der Waals surface area contributed by atoms with Crippen LogP contribution in [0, 0.1) is 0 Å². The van der Waals surface area contributed by atoms with Crippen molar-refractivity contribution in [3.8, 4) is 0 Å². The number of nitrogens with one attached hydrogen (secondary N) is 2. The smallest absolute Gasteiger partial charge is 0.251 e. The Balaban J connectivity index is 1.86. The molecule has 0 saturated carbocycles.